The number of rotatable bonds is 3. The molecule has 3 rings (SSSR count). The Morgan fingerprint density at radius 1 is 1.33 bits per heavy atom. The molecule has 0 unspecified atom stereocenters. The van der Waals surface area contributed by atoms with Crippen molar-refractivity contribution in [3.63, 3.8) is 0 Å². The minimum absolute atomic E-state index is 0.0204. The first kappa shape index (κ1) is 16.0. The molecule has 1 amide bonds. The van der Waals surface area contributed by atoms with Gasteiger partial charge in [-0.3, -0.25) is 4.79 Å². The summed E-state index contributed by atoms with van der Waals surface area (Å²) in [5, 5.41) is 18.6. The standard InChI is InChI=1S/C17H13F2N3O2/c1-10(23)13-6-3-7-14-15(13)17(18,19)16(24)22(14)9-12-5-2-4-11(8-20)21-12/h2-7,10,23H,9H2,1H3/t10-/m0/s1. The first-order valence-electron chi connectivity index (χ1n) is 7.23. The zero-order chi connectivity index (χ0) is 17.5. The number of amides is 1. The summed E-state index contributed by atoms with van der Waals surface area (Å²) in [6.07, 6.45) is -1.13. The summed E-state index contributed by atoms with van der Waals surface area (Å²) in [6.45, 7) is 1.19. The van der Waals surface area contributed by atoms with Crippen LogP contribution in [0.25, 0.3) is 0 Å². The van der Waals surface area contributed by atoms with Crippen LogP contribution in [0.2, 0.25) is 0 Å². The van der Waals surface area contributed by atoms with Gasteiger partial charge in [0.2, 0.25) is 0 Å². The van der Waals surface area contributed by atoms with E-state index < -0.39 is 23.5 Å². The molecule has 122 valence electrons. The van der Waals surface area contributed by atoms with Crippen LogP contribution < -0.4 is 4.90 Å². The van der Waals surface area contributed by atoms with E-state index in [1.54, 1.807) is 12.1 Å². The van der Waals surface area contributed by atoms with E-state index in [4.69, 9.17) is 5.26 Å². The number of hydrogen-bond acceptors (Lipinski definition) is 4. The molecule has 5 nitrogen and oxygen atoms in total. The van der Waals surface area contributed by atoms with Gasteiger partial charge >= 0.3 is 11.8 Å². The van der Waals surface area contributed by atoms with Crippen molar-refractivity contribution in [3.8, 4) is 6.07 Å². The van der Waals surface area contributed by atoms with Gasteiger partial charge in [0.15, 0.2) is 0 Å². The van der Waals surface area contributed by atoms with Gasteiger partial charge in [-0.05, 0) is 30.7 Å². The number of carbonyl (C=O) groups is 1. The third-order valence-electron chi connectivity index (χ3n) is 3.88. The highest BCUT2D eigenvalue weighted by Gasteiger charge is 2.54. The number of anilines is 1. The molecule has 1 aromatic carbocycles. The number of pyridine rings is 1. The fraction of sp³-hybridized carbons (Fsp3) is 0.235. The number of hydrogen-bond donors (Lipinski definition) is 1. The topological polar surface area (TPSA) is 77.2 Å². The number of alkyl halides is 2. The number of nitrogens with zero attached hydrogens (tertiary/aromatic N) is 3. The molecule has 1 aliphatic rings. The van der Waals surface area contributed by atoms with E-state index in [1.165, 1.54) is 31.2 Å². The maximum Gasteiger partial charge on any atom is 0.352 e. The lowest BCUT2D eigenvalue weighted by Gasteiger charge is -2.17. The Morgan fingerprint density at radius 3 is 2.71 bits per heavy atom. The molecule has 0 fully saturated rings. The molecule has 0 radical (unpaired) electrons. The van der Waals surface area contributed by atoms with Gasteiger partial charge in [-0.1, -0.05) is 18.2 Å². The first-order valence-corrected chi connectivity index (χ1v) is 7.23. The molecule has 24 heavy (non-hydrogen) atoms. The SMILES string of the molecule is C[C@H](O)c1cccc2c1C(F)(F)C(=O)N2Cc1cccc(C#N)n1. The van der Waals surface area contributed by atoms with Crippen molar-refractivity contribution in [1.29, 1.82) is 5.26 Å². The molecule has 1 N–H and O–H groups in total. The van der Waals surface area contributed by atoms with Crippen molar-refractivity contribution >= 4 is 11.6 Å². The van der Waals surface area contributed by atoms with E-state index in [0.29, 0.717) is 5.69 Å². The van der Waals surface area contributed by atoms with Crippen LogP contribution in [-0.4, -0.2) is 16.0 Å². The van der Waals surface area contributed by atoms with Gasteiger partial charge in [-0.25, -0.2) is 4.98 Å². The van der Waals surface area contributed by atoms with Gasteiger partial charge in [0.25, 0.3) is 0 Å². The second-order valence-corrected chi connectivity index (χ2v) is 5.51. The normalized spacial score (nSPS) is 16.6. The molecule has 1 aliphatic heterocycles. The number of halogens is 2. The Hall–Kier alpha value is -2.85. The second kappa shape index (κ2) is 5.65. The summed E-state index contributed by atoms with van der Waals surface area (Å²) >= 11 is 0. The van der Waals surface area contributed by atoms with Crippen molar-refractivity contribution in [2.75, 3.05) is 4.90 Å². The molecule has 1 aromatic heterocycles. The third kappa shape index (κ3) is 2.41. The fourth-order valence-corrected chi connectivity index (χ4v) is 2.81. The van der Waals surface area contributed by atoms with Crippen molar-refractivity contribution in [2.24, 2.45) is 0 Å². The van der Waals surface area contributed by atoms with Crippen LogP contribution in [0.5, 0.6) is 0 Å². The third-order valence-corrected chi connectivity index (χ3v) is 3.88. The Labute approximate surface area is 136 Å². The Kier molecular flexibility index (Phi) is 3.78. The van der Waals surface area contributed by atoms with Gasteiger partial charge in [0, 0.05) is 0 Å². The van der Waals surface area contributed by atoms with Gasteiger partial charge in [0.05, 0.1) is 29.6 Å². The molecule has 0 saturated carbocycles. The highest BCUT2D eigenvalue weighted by molar-refractivity contribution is 6.06. The Morgan fingerprint density at radius 2 is 2.04 bits per heavy atom. The predicted molar refractivity (Wildman–Crippen MR) is 81.1 cm³/mol. The summed E-state index contributed by atoms with van der Waals surface area (Å²) in [5.41, 5.74) is 0.0680. The van der Waals surface area contributed by atoms with Crippen LogP contribution in [0.3, 0.4) is 0 Å². The van der Waals surface area contributed by atoms with E-state index in [-0.39, 0.29) is 23.5 Å². The van der Waals surface area contributed by atoms with Gasteiger partial charge < -0.3 is 10.0 Å². The zero-order valence-corrected chi connectivity index (χ0v) is 12.7. The highest BCUT2D eigenvalue weighted by atomic mass is 19.3. The number of fused-ring (bicyclic) bond motifs is 1. The molecule has 0 spiro atoms. The number of aliphatic hydroxyl groups is 1. The van der Waals surface area contributed by atoms with Crippen molar-refractivity contribution in [2.45, 2.75) is 25.5 Å². The molecule has 7 heteroatoms. The average Bonchev–Trinajstić information content (AvgIpc) is 2.76. The fourth-order valence-electron chi connectivity index (χ4n) is 2.81. The van der Waals surface area contributed by atoms with Crippen LogP contribution in [0.1, 0.15) is 35.5 Å². The summed E-state index contributed by atoms with van der Waals surface area (Å²) < 4.78 is 28.9. The average molecular weight is 329 g/mol. The van der Waals surface area contributed by atoms with Gasteiger partial charge in [-0.15, -0.1) is 0 Å². The maximum atomic E-state index is 14.5. The zero-order valence-electron chi connectivity index (χ0n) is 12.7. The highest BCUT2D eigenvalue weighted by Crippen LogP contribution is 2.47. The molecular weight excluding hydrogens is 316 g/mol. The lowest BCUT2D eigenvalue weighted by atomic mass is 9.98. The molecular formula is C17H13F2N3O2. The maximum absolute atomic E-state index is 14.5. The minimum atomic E-state index is -3.71. The van der Waals surface area contributed by atoms with E-state index in [2.05, 4.69) is 4.98 Å². The van der Waals surface area contributed by atoms with Crippen LogP contribution in [0.15, 0.2) is 36.4 Å². The summed E-state index contributed by atoms with van der Waals surface area (Å²) in [7, 11) is 0. The van der Waals surface area contributed by atoms with Crippen molar-refractivity contribution in [1.82, 2.24) is 4.98 Å². The number of nitriles is 1. The van der Waals surface area contributed by atoms with Crippen molar-refractivity contribution in [3.05, 3.63) is 58.9 Å². The Balaban J connectivity index is 2.07. The second-order valence-electron chi connectivity index (χ2n) is 5.51. The van der Waals surface area contributed by atoms with E-state index in [1.807, 2.05) is 6.07 Å². The summed E-state index contributed by atoms with van der Waals surface area (Å²) in [6, 6.07) is 10.8. The molecule has 2 aromatic rings. The van der Waals surface area contributed by atoms with Crippen LogP contribution in [0, 0.1) is 11.3 Å². The lowest BCUT2D eigenvalue weighted by molar-refractivity contribution is -0.141. The quantitative estimate of drug-likeness (QED) is 0.939. The minimum Gasteiger partial charge on any atom is -0.389 e. The van der Waals surface area contributed by atoms with Crippen LogP contribution >= 0.6 is 0 Å². The number of aromatic nitrogens is 1. The summed E-state index contributed by atoms with van der Waals surface area (Å²) in [4.78, 5) is 17.2. The number of aliphatic hydroxyl groups excluding tert-OH is 1. The molecule has 0 aliphatic carbocycles. The largest absolute Gasteiger partial charge is 0.389 e. The monoisotopic (exact) mass is 329 g/mol. The van der Waals surface area contributed by atoms with Crippen molar-refractivity contribution < 1.29 is 18.7 Å². The predicted octanol–water partition coefficient (Wildman–Crippen LogP) is 2.65. The van der Waals surface area contributed by atoms with Gasteiger partial charge in [-0.2, -0.15) is 14.0 Å². The molecule has 0 bridgehead atoms. The Bertz CT molecular complexity index is 859. The van der Waals surface area contributed by atoms with Gasteiger partial charge in [0.1, 0.15) is 11.8 Å². The first-order chi connectivity index (χ1) is 11.4. The number of benzene rings is 1. The lowest BCUT2D eigenvalue weighted by Crippen LogP contribution is -2.34. The number of carbonyl (C=O) groups excluding carboxylic acids is 1. The van der Waals surface area contributed by atoms with E-state index in [9.17, 15) is 18.7 Å². The van der Waals surface area contributed by atoms with E-state index >= 15 is 0 Å². The molecule has 0 saturated heterocycles. The summed E-state index contributed by atoms with van der Waals surface area (Å²) in [5.74, 6) is -5.08. The van der Waals surface area contributed by atoms with Crippen LogP contribution in [-0.2, 0) is 17.3 Å². The smallest absolute Gasteiger partial charge is 0.352 e. The molecule has 2 heterocycles. The van der Waals surface area contributed by atoms with Crippen LogP contribution in [0.4, 0.5) is 14.5 Å². The molecule has 1 atom stereocenters. The van der Waals surface area contributed by atoms with E-state index in [0.717, 1.165) is 4.90 Å².